The van der Waals surface area contributed by atoms with E-state index in [1.165, 1.54) is 31.0 Å². The van der Waals surface area contributed by atoms with Crippen molar-refractivity contribution in [1.29, 1.82) is 0 Å². The fourth-order valence-electron chi connectivity index (χ4n) is 2.59. The maximum atomic E-state index is 13.2. The molecule has 0 radical (unpaired) electrons. The van der Waals surface area contributed by atoms with Gasteiger partial charge >= 0.3 is 0 Å². The number of benzene rings is 1. The average Bonchev–Trinajstić information content (AvgIpc) is 2.99. The SMILES string of the molecule is CC1(CC2CC2)CC(=O)c2ccc(F)cc2O1. The molecule has 2 nitrogen and oxygen atoms in total. The van der Waals surface area contributed by atoms with Crippen LogP contribution in [0.15, 0.2) is 18.2 Å². The van der Waals surface area contributed by atoms with Crippen LogP contribution in [0.4, 0.5) is 4.39 Å². The molecule has 1 unspecified atom stereocenters. The second-order valence-electron chi connectivity index (χ2n) is 5.44. The van der Waals surface area contributed by atoms with Crippen LogP contribution in [0.25, 0.3) is 0 Å². The van der Waals surface area contributed by atoms with Crippen LogP contribution in [0.1, 0.15) is 43.0 Å². The van der Waals surface area contributed by atoms with Crippen LogP contribution in [-0.4, -0.2) is 11.4 Å². The lowest BCUT2D eigenvalue weighted by atomic mass is 9.87. The summed E-state index contributed by atoms with van der Waals surface area (Å²) in [5.74, 6) is 0.800. The number of Topliss-reactive ketones (excluding diaryl/α,β-unsaturated/α-hetero) is 1. The first-order valence-electron chi connectivity index (χ1n) is 6.07. The molecule has 1 aromatic rings. The van der Waals surface area contributed by atoms with Gasteiger partial charge in [-0.05, 0) is 31.4 Å². The summed E-state index contributed by atoms with van der Waals surface area (Å²) in [6.45, 7) is 1.96. The highest BCUT2D eigenvalue weighted by atomic mass is 19.1. The summed E-state index contributed by atoms with van der Waals surface area (Å²) in [4.78, 5) is 12.0. The number of carbonyl (C=O) groups is 1. The third-order valence-electron chi connectivity index (χ3n) is 3.55. The summed E-state index contributed by atoms with van der Waals surface area (Å²) in [7, 11) is 0. The van der Waals surface area contributed by atoms with Gasteiger partial charge in [0, 0.05) is 6.07 Å². The molecule has 1 aliphatic carbocycles. The predicted molar refractivity (Wildman–Crippen MR) is 61.7 cm³/mol. The monoisotopic (exact) mass is 234 g/mol. The standard InChI is InChI=1S/C14H15FO2/c1-14(7-9-2-3-9)8-12(16)11-5-4-10(15)6-13(11)17-14/h4-6,9H,2-3,7-8H2,1H3. The zero-order valence-electron chi connectivity index (χ0n) is 9.83. The first kappa shape index (κ1) is 10.8. The molecule has 0 amide bonds. The second-order valence-corrected chi connectivity index (χ2v) is 5.44. The number of halogens is 1. The summed E-state index contributed by atoms with van der Waals surface area (Å²) in [5, 5.41) is 0. The molecule has 0 aromatic heterocycles. The maximum Gasteiger partial charge on any atom is 0.170 e. The van der Waals surface area contributed by atoms with Crippen molar-refractivity contribution in [2.75, 3.05) is 0 Å². The van der Waals surface area contributed by atoms with E-state index in [4.69, 9.17) is 4.74 Å². The summed E-state index contributed by atoms with van der Waals surface area (Å²) in [6.07, 6.45) is 3.75. The highest BCUT2D eigenvalue weighted by Crippen LogP contribution is 2.43. The van der Waals surface area contributed by atoms with Crippen molar-refractivity contribution in [2.45, 2.75) is 38.2 Å². The van der Waals surface area contributed by atoms with Crippen molar-refractivity contribution in [3.63, 3.8) is 0 Å². The van der Waals surface area contributed by atoms with Gasteiger partial charge in [-0.25, -0.2) is 4.39 Å². The van der Waals surface area contributed by atoms with Crippen LogP contribution < -0.4 is 4.74 Å². The Kier molecular flexibility index (Phi) is 2.25. The zero-order valence-corrected chi connectivity index (χ0v) is 9.83. The van der Waals surface area contributed by atoms with E-state index in [0.29, 0.717) is 23.7 Å². The molecule has 0 bridgehead atoms. The van der Waals surface area contributed by atoms with Crippen LogP contribution in [-0.2, 0) is 0 Å². The van der Waals surface area contributed by atoms with E-state index in [2.05, 4.69) is 0 Å². The van der Waals surface area contributed by atoms with Crippen LogP contribution in [0.3, 0.4) is 0 Å². The molecule has 0 saturated heterocycles. The van der Waals surface area contributed by atoms with Gasteiger partial charge in [-0.1, -0.05) is 12.8 Å². The molecule has 1 fully saturated rings. The van der Waals surface area contributed by atoms with Gasteiger partial charge in [0.25, 0.3) is 0 Å². The van der Waals surface area contributed by atoms with Gasteiger partial charge in [0.2, 0.25) is 0 Å². The number of carbonyl (C=O) groups excluding carboxylic acids is 1. The first-order valence-corrected chi connectivity index (χ1v) is 6.07. The van der Waals surface area contributed by atoms with Gasteiger partial charge in [-0.15, -0.1) is 0 Å². The molecule has 17 heavy (non-hydrogen) atoms. The van der Waals surface area contributed by atoms with Crippen LogP contribution in [0.2, 0.25) is 0 Å². The van der Waals surface area contributed by atoms with E-state index < -0.39 is 5.60 Å². The first-order chi connectivity index (χ1) is 8.06. The Morgan fingerprint density at radius 1 is 1.47 bits per heavy atom. The van der Waals surface area contributed by atoms with Crippen LogP contribution in [0, 0.1) is 11.7 Å². The smallest absolute Gasteiger partial charge is 0.170 e. The van der Waals surface area contributed by atoms with E-state index in [9.17, 15) is 9.18 Å². The van der Waals surface area contributed by atoms with Crippen molar-refractivity contribution >= 4 is 5.78 Å². The molecule has 3 rings (SSSR count). The van der Waals surface area contributed by atoms with Crippen LogP contribution >= 0.6 is 0 Å². The van der Waals surface area contributed by atoms with Gasteiger partial charge in [-0.3, -0.25) is 4.79 Å². The van der Waals surface area contributed by atoms with Crippen molar-refractivity contribution in [2.24, 2.45) is 5.92 Å². The number of fused-ring (bicyclic) bond motifs is 1. The summed E-state index contributed by atoms with van der Waals surface area (Å²) in [6, 6.07) is 4.14. The molecule has 2 aliphatic rings. The predicted octanol–water partition coefficient (Wildman–Crippen LogP) is 3.35. The minimum absolute atomic E-state index is 0.0643. The van der Waals surface area contributed by atoms with E-state index in [-0.39, 0.29) is 11.6 Å². The fourth-order valence-corrected chi connectivity index (χ4v) is 2.59. The molecule has 0 N–H and O–H groups in total. The molecule has 1 aromatic carbocycles. The van der Waals surface area contributed by atoms with Gasteiger partial charge in [0.15, 0.2) is 5.78 Å². The lowest BCUT2D eigenvalue weighted by Gasteiger charge is -2.35. The molecule has 1 saturated carbocycles. The number of hydrogen-bond donors (Lipinski definition) is 0. The summed E-state index contributed by atoms with van der Waals surface area (Å²) >= 11 is 0. The fraction of sp³-hybridized carbons (Fsp3) is 0.500. The zero-order chi connectivity index (χ0) is 12.0. The topological polar surface area (TPSA) is 26.3 Å². The minimum Gasteiger partial charge on any atom is -0.486 e. The number of rotatable bonds is 2. The molecular weight excluding hydrogens is 219 g/mol. The summed E-state index contributed by atoms with van der Waals surface area (Å²) < 4.78 is 19.0. The molecule has 90 valence electrons. The third kappa shape index (κ3) is 2.06. The molecule has 1 atom stereocenters. The van der Waals surface area contributed by atoms with Gasteiger partial charge in [0.1, 0.15) is 17.2 Å². The Balaban J connectivity index is 1.92. The number of hydrogen-bond acceptors (Lipinski definition) is 2. The van der Waals surface area contributed by atoms with E-state index in [1.54, 1.807) is 0 Å². The van der Waals surface area contributed by atoms with Crippen LogP contribution in [0.5, 0.6) is 5.75 Å². The molecule has 1 heterocycles. The molecule has 0 spiro atoms. The normalized spacial score (nSPS) is 27.5. The lowest BCUT2D eigenvalue weighted by molar-refractivity contribution is 0.0432. The van der Waals surface area contributed by atoms with Gasteiger partial charge in [0.05, 0.1) is 12.0 Å². The van der Waals surface area contributed by atoms with E-state index in [0.717, 1.165) is 6.42 Å². The highest BCUT2D eigenvalue weighted by Gasteiger charge is 2.40. The number of ketones is 1. The van der Waals surface area contributed by atoms with Gasteiger partial charge < -0.3 is 4.74 Å². The third-order valence-corrected chi connectivity index (χ3v) is 3.55. The Bertz CT molecular complexity index is 479. The largest absolute Gasteiger partial charge is 0.486 e. The Hall–Kier alpha value is -1.38. The number of ether oxygens (including phenoxy) is 1. The van der Waals surface area contributed by atoms with Crippen molar-refractivity contribution in [1.82, 2.24) is 0 Å². The molecule has 3 heteroatoms. The average molecular weight is 234 g/mol. The maximum absolute atomic E-state index is 13.2. The highest BCUT2D eigenvalue weighted by molar-refractivity contribution is 6.00. The molecule has 1 aliphatic heterocycles. The summed E-state index contributed by atoms with van der Waals surface area (Å²) in [5.41, 5.74) is 0.0682. The van der Waals surface area contributed by atoms with Crippen molar-refractivity contribution < 1.29 is 13.9 Å². The van der Waals surface area contributed by atoms with Gasteiger partial charge in [-0.2, -0.15) is 0 Å². The lowest BCUT2D eigenvalue weighted by Crippen LogP contribution is -2.39. The van der Waals surface area contributed by atoms with Crippen molar-refractivity contribution in [3.8, 4) is 5.75 Å². The Morgan fingerprint density at radius 3 is 2.94 bits per heavy atom. The Labute approximate surface area is 99.8 Å². The minimum atomic E-state index is -0.445. The van der Waals surface area contributed by atoms with E-state index >= 15 is 0 Å². The quantitative estimate of drug-likeness (QED) is 0.784. The molecular formula is C14H15FO2. The van der Waals surface area contributed by atoms with E-state index in [1.807, 2.05) is 6.92 Å². The van der Waals surface area contributed by atoms with Crippen molar-refractivity contribution in [3.05, 3.63) is 29.6 Å². The second kappa shape index (κ2) is 3.56. The Morgan fingerprint density at radius 2 is 2.24 bits per heavy atom.